The number of likely N-dealkylation sites (tertiary alicyclic amines) is 1. The molecule has 0 saturated carbocycles. The highest BCUT2D eigenvalue weighted by Crippen LogP contribution is 2.33. The average Bonchev–Trinajstić information content (AvgIpc) is 3.66. The SMILES string of the molecule is COc1ccc(S(=O)(=O)Nc2cccc3c(-c4nc5ccc(N6CCC(N7CCCCC7)CC6)cc5[nH]4)[nH]nc23)cc1. The molecule has 218 valence electrons. The Kier molecular flexibility index (Phi) is 6.99. The Bertz CT molecular complexity index is 1820. The summed E-state index contributed by atoms with van der Waals surface area (Å²) in [5.41, 5.74) is 4.64. The van der Waals surface area contributed by atoms with Crippen molar-refractivity contribution >= 4 is 43.3 Å². The third-order valence-corrected chi connectivity index (χ3v) is 10.0. The zero-order chi connectivity index (χ0) is 28.7. The highest BCUT2D eigenvalue weighted by molar-refractivity contribution is 7.92. The van der Waals surface area contributed by atoms with E-state index in [9.17, 15) is 8.42 Å². The molecule has 4 heterocycles. The van der Waals surface area contributed by atoms with Crippen molar-refractivity contribution in [1.29, 1.82) is 0 Å². The lowest BCUT2D eigenvalue weighted by Crippen LogP contribution is -2.46. The number of ether oxygens (including phenoxy) is 1. The molecule has 3 N–H and O–H groups in total. The number of nitrogens with one attached hydrogen (secondary N) is 3. The van der Waals surface area contributed by atoms with E-state index >= 15 is 0 Å². The third-order valence-electron chi connectivity index (χ3n) is 8.64. The molecule has 0 radical (unpaired) electrons. The minimum atomic E-state index is -3.82. The van der Waals surface area contributed by atoms with Crippen molar-refractivity contribution in [2.45, 2.75) is 43.0 Å². The van der Waals surface area contributed by atoms with Crippen molar-refractivity contribution in [2.75, 3.05) is 42.9 Å². The van der Waals surface area contributed by atoms with Gasteiger partial charge in [-0.2, -0.15) is 5.10 Å². The van der Waals surface area contributed by atoms with Crippen LogP contribution in [0.4, 0.5) is 11.4 Å². The normalized spacial score (nSPS) is 17.2. The van der Waals surface area contributed by atoms with E-state index < -0.39 is 10.0 Å². The van der Waals surface area contributed by atoms with Crippen molar-refractivity contribution in [3.8, 4) is 17.3 Å². The van der Waals surface area contributed by atoms with Crippen LogP contribution in [-0.2, 0) is 10.0 Å². The minimum Gasteiger partial charge on any atom is -0.497 e. The average molecular weight is 586 g/mol. The number of hydrogen-bond donors (Lipinski definition) is 3. The molecule has 0 bridgehead atoms. The predicted octanol–water partition coefficient (Wildman–Crippen LogP) is 5.37. The molecule has 2 fully saturated rings. The molecule has 5 aromatic rings. The van der Waals surface area contributed by atoms with E-state index in [4.69, 9.17) is 9.72 Å². The second-order valence-electron chi connectivity index (χ2n) is 11.2. The quantitative estimate of drug-likeness (QED) is 0.235. The van der Waals surface area contributed by atoms with E-state index in [1.54, 1.807) is 18.2 Å². The molecule has 0 unspecified atom stereocenters. The van der Waals surface area contributed by atoms with Gasteiger partial charge in [-0.05, 0) is 87.3 Å². The zero-order valence-electron chi connectivity index (χ0n) is 23.6. The number of piperidine rings is 2. The number of aromatic amines is 2. The van der Waals surface area contributed by atoms with Crippen molar-refractivity contribution in [3.63, 3.8) is 0 Å². The Labute approximate surface area is 245 Å². The van der Waals surface area contributed by atoms with E-state index in [0.29, 0.717) is 34.5 Å². The second-order valence-corrected chi connectivity index (χ2v) is 12.9. The summed E-state index contributed by atoms with van der Waals surface area (Å²) in [6, 6.07) is 18.8. The van der Waals surface area contributed by atoms with Gasteiger partial charge in [0.2, 0.25) is 0 Å². The Hall–Kier alpha value is -4.09. The molecule has 0 atom stereocenters. The summed E-state index contributed by atoms with van der Waals surface area (Å²) in [5.74, 6) is 1.24. The van der Waals surface area contributed by atoms with Crippen LogP contribution in [0, 0.1) is 0 Å². The lowest BCUT2D eigenvalue weighted by atomic mass is 9.99. The van der Waals surface area contributed by atoms with E-state index in [2.05, 4.69) is 47.9 Å². The molecule has 2 aromatic heterocycles. The van der Waals surface area contributed by atoms with Crippen LogP contribution in [-0.4, -0.2) is 72.8 Å². The maximum absolute atomic E-state index is 13.1. The van der Waals surface area contributed by atoms with Gasteiger partial charge in [-0.15, -0.1) is 0 Å². The van der Waals surface area contributed by atoms with Gasteiger partial charge in [-0.1, -0.05) is 18.6 Å². The first-order valence-electron chi connectivity index (χ1n) is 14.6. The minimum absolute atomic E-state index is 0.139. The summed E-state index contributed by atoms with van der Waals surface area (Å²) in [5, 5.41) is 8.31. The second kappa shape index (κ2) is 11.0. The number of sulfonamides is 1. The first-order valence-corrected chi connectivity index (χ1v) is 16.1. The monoisotopic (exact) mass is 585 g/mol. The van der Waals surface area contributed by atoms with Crippen LogP contribution < -0.4 is 14.4 Å². The molecule has 0 amide bonds. The number of methoxy groups -OCH3 is 1. The Balaban J connectivity index is 1.11. The van der Waals surface area contributed by atoms with Crippen LogP contribution >= 0.6 is 0 Å². The molecule has 2 saturated heterocycles. The van der Waals surface area contributed by atoms with Crippen LogP contribution in [0.15, 0.2) is 65.6 Å². The Morgan fingerprint density at radius 1 is 0.952 bits per heavy atom. The highest BCUT2D eigenvalue weighted by atomic mass is 32.2. The Morgan fingerprint density at radius 2 is 1.74 bits per heavy atom. The number of aromatic nitrogens is 4. The van der Waals surface area contributed by atoms with Crippen LogP contribution in [0.25, 0.3) is 33.5 Å². The molecule has 0 aliphatic carbocycles. The van der Waals surface area contributed by atoms with Crippen LogP contribution in [0.5, 0.6) is 5.75 Å². The van der Waals surface area contributed by atoms with Crippen molar-refractivity contribution in [1.82, 2.24) is 25.1 Å². The van der Waals surface area contributed by atoms with Crippen LogP contribution in [0.2, 0.25) is 0 Å². The number of H-pyrrole nitrogens is 2. The standard InChI is InChI=1S/C31H35N7O3S/c1-41-23-9-11-24(12-10-23)42(39,40)36-27-7-5-6-25-29(27)34-35-30(25)31-32-26-13-8-22(20-28(26)33-31)38-18-14-21(15-19-38)37-16-3-2-4-17-37/h5-13,20-21,36H,2-4,14-19H2,1H3,(H,32,33)(H,34,35). The topological polar surface area (TPSA) is 119 Å². The molecule has 0 spiro atoms. The van der Waals surface area contributed by atoms with E-state index in [1.165, 1.54) is 70.1 Å². The molecular formula is C31H35N7O3S. The fourth-order valence-corrected chi connectivity index (χ4v) is 7.41. The molecule has 10 nitrogen and oxygen atoms in total. The Morgan fingerprint density at radius 3 is 2.50 bits per heavy atom. The summed E-state index contributed by atoms with van der Waals surface area (Å²) in [7, 11) is -2.28. The van der Waals surface area contributed by atoms with E-state index in [1.807, 2.05) is 12.1 Å². The molecular weight excluding hydrogens is 550 g/mol. The summed E-state index contributed by atoms with van der Waals surface area (Å²) >= 11 is 0. The van der Waals surface area contributed by atoms with Gasteiger partial charge in [-0.25, -0.2) is 13.4 Å². The van der Waals surface area contributed by atoms with Gasteiger partial charge in [0.05, 0.1) is 28.7 Å². The summed E-state index contributed by atoms with van der Waals surface area (Å²) < 4.78 is 34.0. The van der Waals surface area contributed by atoms with Gasteiger partial charge in [-0.3, -0.25) is 9.82 Å². The lowest BCUT2D eigenvalue weighted by Gasteiger charge is -2.41. The number of fused-ring (bicyclic) bond motifs is 2. The van der Waals surface area contributed by atoms with Crippen LogP contribution in [0.3, 0.4) is 0 Å². The van der Waals surface area contributed by atoms with Gasteiger partial charge in [0.25, 0.3) is 10.0 Å². The van der Waals surface area contributed by atoms with Crippen LogP contribution in [0.1, 0.15) is 32.1 Å². The van der Waals surface area contributed by atoms with E-state index in [0.717, 1.165) is 29.5 Å². The summed E-state index contributed by atoms with van der Waals surface area (Å²) in [4.78, 5) is 13.6. The van der Waals surface area contributed by atoms with Gasteiger partial charge >= 0.3 is 0 Å². The lowest BCUT2D eigenvalue weighted by molar-refractivity contribution is 0.141. The van der Waals surface area contributed by atoms with Gasteiger partial charge in [0.15, 0.2) is 5.82 Å². The number of benzene rings is 3. The molecule has 11 heteroatoms. The first-order chi connectivity index (χ1) is 20.5. The number of nitrogens with zero attached hydrogens (tertiary/aromatic N) is 4. The fourth-order valence-electron chi connectivity index (χ4n) is 6.34. The highest BCUT2D eigenvalue weighted by Gasteiger charge is 2.26. The fraction of sp³-hybridized carbons (Fsp3) is 0.355. The van der Waals surface area contributed by atoms with Gasteiger partial charge in [0, 0.05) is 30.2 Å². The smallest absolute Gasteiger partial charge is 0.261 e. The number of imidazole rings is 1. The maximum Gasteiger partial charge on any atom is 0.261 e. The molecule has 7 rings (SSSR count). The molecule has 42 heavy (non-hydrogen) atoms. The zero-order valence-corrected chi connectivity index (χ0v) is 24.5. The summed E-state index contributed by atoms with van der Waals surface area (Å²) in [6.45, 7) is 4.64. The largest absolute Gasteiger partial charge is 0.497 e. The maximum atomic E-state index is 13.1. The van der Waals surface area contributed by atoms with Crippen molar-refractivity contribution in [3.05, 3.63) is 60.7 Å². The number of para-hydroxylation sites is 1. The van der Waals surface area contributed by atoms with Crippen molar-refractivity contribution < 1.29 is 13.2 Å². The number of anilines is 2. The molecule has 2 aliphatic rings. The predicted molar refractivity (Wildman–Crippen MR) is 166 cm³/mol. The third kappa shape index (κ3) is 5.07. The molecule has 2 aliphatic heterocycles. The van der Waals surface area contributed by atoms with Gasteiger partial charge < -0.3 is 19.5 Å². The van der Waals surface area contributed by atoms with Gasteiger partial charge in [0.1, 0.15) is 17.0 Å². The van der Waals surface area contributed by atoms with E-state index in [-0.39, 0.29) is 4.90 Å². The molecule has 3 aromatic carbocycles. The number of rotatable bonds is 7. The van der Waals surface area contributed by atoms with Crippen molar-refractivity contribution in [2.24, 2.45) is 0 Å². The summed E-state index contributed by atoms with van der Waals surface area (Å²) in [6.07, 6.45) is 6.46. The number of hydrogen-bond acceptors (Lipinski definition) is 7. The first kappa shape index (κ1) is 26.8.